The lowest BCUT2D eigenvalue weighted by Crippen LogP contribution is -2.76. The zero-order valence-electron chi connectivity index (χ0n) is 12.3. The maximum Gasteiger partial charge on any atom is 0.331 e. The third-order valence-electron chi connectivity index (χ3n) is 4.78. The predicted molar refractivity (Wildman–Crippen MR) is 72.2 cm³/mol. The molecule has 22 heavy (non-hydrogen) atoms. The van der Waals surface area contributed by atoms with Gasteiger partial charge in [-0.05, 0) is 20.3 Å². The molecular weight excluding hydrogens is 319 g/mol. The van der Waals surface area contributed by atoms with E-state index in [2.05, 4.69) is 0 Å². The molecule has 0 saturated carbocycles. The van der Waals surface area contributed by atoms with Gasteiger partial charge in [-0.1, -0.05) is 6.92 Å². The number of carboxylic acid groups (broad SMARTS) is 1. The van der Waals surface area contributed by atoms with Crippen LogP contribution in [0.3, 0.4) is 0 Å². The molecule has 8 nitrogen and oxygen atoms in total. The third-order valence-corrected chi connectivity index (χ3v) is 7.66. The highest BCUT2D eigenvalue weighted by atomic mass is 32.2. The summed E-state index contributed by atoms with van der Waals surface area (Å²) < 4.78 is 35.9. The van der Waals surface area contributed by atoms with E-state index in [0.29, 0.717) is 0 Å². The summed E-state index contributed by atoms with van der Waals surface area (Å²) in [7, 11) is -4.08. The van der Waals surface area contributed by atoms with E-state index in [9.17, 15) is 32.3 Å². The third kappa shape index (κ3) is 1.56. The SMILES string of the molecule is CC[C@@]1(C(=O)O)N2C(=O)[C@H](NC(=O)CF)[C@H]2S(=O)(=O)C1(C)C. The number of amides is 2. The molecule has 2 aliphatic heterocycles. The second kappa shape index (κ2) is 4.64. The molecule has 2 N–H and O–H groups in total. The molecule has 0 aromatic heterocycles. The Morgan fingerprint density at radius 2 is 1.95 bits per heavy atom. The summed E-state index contributed by atoms with van der Waals surface area (Å²) in [6.45, 7) is 2.59. The molecule has 2 fully saturated rings. The number of alkyl halides is 1. The maximum atomic E-state index is 12.7. The number of rotatable bonds is 4. The second-order valence-electron chi connectivity index (χ2n) is 5.85. The van der Waals surface area contributed by atoms with Crippen LogP contribution in [0.5, 0.6) is 0 Å². The highest BCUT2D eigenvalue weighted by Gasteiger charge is 2.79. The van der Waals surface area contributed by atoms with Crippen LogP contribution in [0.1, 0.15) is 27.2 Å². The fourth-order valence-electron chi connectivity index (χ4n) is 3.47. The molecule has 0 aromatic carbocycles. The molecule has 2 amide bonds. The molecule has 2 rings (SSSR count). The van der Waals surface area contributed by atoms with Crippen molar-refractivity contribution in [2.75, 3.05) is 6.67 Å². The van der Waals surface area contributed by atoms with Crippen molar-refractivity contribution in [1.82, 2.24) is 10.2 Å². The number of hydrogen-bond acceptors (Lipinski definition) is 5. The fourth-order valence-corrected chi connectivity index (χ4v) is 5.98. The Kier molecular flexibility index (Phi) is 3.51. The van der Waals surface area contributed by atoms with Gasteiger partial charge >= 0.3 is 5.97 Å². The van der Waals surface area contributed by atoms with Crippen molar-refractivity contribution in [3.8, 4) is 0 Å². The largest absolute Gasteiger partial charge is 0.479 e. The van der Waals surface area contributed by atoms with Crippen molar-refractivity contribution >= 4 is 27.6 Å². The van der Waals surface area contributed by atoms with E-state index in [-0.39, 0.29) is 6.42 Å². The van der Waals surface area contributed by atoms with E-state index < -0.39 is 56.0 Å². The van der Waals surface area contributed by atoms with Crippen molar-refractivity contribution in [3.63, 3.8) is 0 Å². The molecule has 124 valence electrons. The van der Waals surface area contributed by atoms with Crippen LogP contribution in [0.25, 0.3) is 0 Å². The number of carboxylic acids is 1. The van der Waals surface area contributed by atoms with Crippen LogP contribution in [-0.2, 0) is 24.2 Å². The summed E-state index contributed by atoms with van der Waals surface area (Å²) in [5.41, 5.74) is -1.91. The molecule has 2 heterocycles. The smallest absolute Gasteiger partial charge is 0.331 e. The van der Waals surface area contributed by atoms with Crippen LogP contribution in [0.2, 0.25) is 0 Å². The van der Waals surface area contributed by atoms with Crippen LogP contribution >= 0.6 is 0 Å². The van der Waals surface area contributed by atoms with Crippen molar-refractivity contribution in [2.45, 2.75) is 48.9 Å². The summed E-state index contributed by atoms with van der Waals surface area (Å²) in [4.78, 5) is 35.9. The number of aliphatic carboxylic acids is 1. The van der Waals surface area contributed by atoms with Crippen molar-refractivity contribution in [2.24, 2.45) is 0 Å². The number of hydrogen-bond donors (Lipinski definition) is 2. The Labute approximate surface area is 126 Å². The number of nitrogens with one attached hydrogen (secondary N) is 1. The molecule has 2 saturated heterocycles. The summed E-state index contributed by atoms with van der Waals surface area (Å²) in [5.74, 6) is -3.37. The Morgan fingerprint density at radius 3 is 2.36 bits per heavy atom. The van der Waals surface area contributed by atoms with Gasteiger partial charge in [0.25, 0.3) is 11.8 Å². The maximum absolute atomic E-state index is 12.7. The lowest BCUT2D eigenvalue weighted by Gasteiger charge is -2.48. The van der Waals surface area contributed by atoms with Crippen LogP contribution in [0, 0.1) is 0 Å². The van der Waals surface area contributed by atoms with Crippen LogP contribution in [0.15, 0.2) is 0 Å². The van der Waals surface area contributed by atoms with Gasteiger partial charge in [-0.3, -0.25) is 9.59 Å². The number of halogens is 1. The van der Waals surface area contributed by atoms with E-state index in [0.717, 1.165) is 4.90 Å². The van der Waals surface area contributed by atoms with Gasteiger partial charge in [0.15, 0.2) is 27.4 Å². The van der Waals surface area contributed by atoms with Gasteiger partial charge in [0.1, 0.15) is 10.8 Å². The summed E-state index contributed by atoms with van der Waals surface area (Å²) in [6.07, 6.45) is -0.111. The van der Waals surface area contributed by atoms with E-state index >= 15 is 0 Å². The van der Waals surface area contributed by atoms with Crippen LogP contribution in [-0.4, -0.2) is 64.6 Å². The quantitative estimate of drug-likeness (QED) is 0.639. The molecule has 0 unspecified atom stereocenters. The van der Waals surface area contributed by atoms with Gasteiger partial charge in [0.2, 0.25) is 0 Å². The van der Waals surface area contributed by atoms with Gasteiger partial charge in [-0.15, -0.1) is 0 Å². The van der Waals surface area contributed by atoms with E-state index in [1.807, 2.05) is 5.32 Å². The molecule has 0 aliphatic carbocycles. The number of β-lactam (4-membered cyclic amide) rings is 1. The van der Waals surface area contributed by atoms with Crippen molar-refractivity contribution < 1.29 is 32.3 Å². The topological polar surface area (TPSA) is 121 Å². The minimum atomic E-state index is -4.08. The summed E-state index contributed by atoms with van der Waals surface area (Å²) in [6, 6.07) is -1.44. The van der Waals surface area contributed by atoms with E-state index in [1.54, 1.807) is 0 Å². The summed E-state index contributed by atoms with van der Waals surface area (Å²) in [5, 5.41) is 10.1. The average Bonchev–Trinajstić information content (AvgIpc) is 2.56. The van der Waals surface area contributed by atoms with Gasteiger partial charge in [0, 0.05) is 0 Å². The second-order valence-corrected chi connectivity index (χ2v) is 8.45. The highest BCUT2D eigenvalue weighted by Crippen LogP contribution is 2.53. The Hall–Kier alpha value is -1.71. The summed E-state index contributed by atoms with van der Waals surface area (Å²) >= 11 is 0. The zero-order chi connectivity index (χ0) is 17.1. The molecule has 0 bridgehead atoms. The van der Waals surface area contributed by atoms with Gasteiger partial charge in [0.05, 0.1) is 0 Å². The van der Waals surface area contributed by atoms with Crippen LogP contribution < -0.4 is 5.32 Å². The Balaban J connectivity index is 2.57. The normalized spacial score (nSPS) is 34.7. The molecular formula is C12H17FN2O6S. The molecule has 3 atom stereocenters. The number of nitrogens with zero attached hydrogens (tertiary/aromatic N) is 1. The first-order valence-electron chi connectivity index (χ1n) is 6.66. The first kappa shape index (κ1) is 16.7. The number of carbonyl (C=O) groups excluding carboxylic acids is 2. The van der Waals surface area contributed by atoms with Crippen molar-refractivity contribution in [3.05, 3.63) is 0 Å². The average molecular weight is 336 g/mol. The first-order chi connectivity index (χ1) is 10.0. The minimum Gasteiger partial charge on any atom is -0.479 e. The lowest BCUT2D eigenvalue weighted by atomic mass is 9.79. The zero-order valence-corrected chi connectivity index (χ0v) is 13.1. The Morgan fingerprint density at radius 1 is 1.41 bits per heavy atom. The van der Waals surface area contributed by atoms with Crippen LogP contribution in [0.4, 0.5) is 4.39 Å². The standard InChI is InChI=1S/C12H17FN2O6S/c1-4-12(10(18)19)11(2,3)22(20,21)9-7(8(17)15(9)12)14-6(16)5-13/h7,9H,4-5H2,1-3H3,(H,14,16)(H,18,19)/t7-,9+,12-/m0/s1. The molecule has 0 spiro atoms. The number of sulfone groups is 1. The van der Waals surface area contributed by atoms with Gasteiger partial charge < -0.3 is 15.3 Å². The lowest BCUT2D eigenvalue weighted by molar-refractivity contribution is -0.172. The Bertz CT molecular complexity index is 661. The number of carbonyl (C=O) groups is 3. The fraction of sp³-hybridized carbons (Fsp3) is 0.750. The van der Waals surface area contributed by atoms with E-state index in [4.69, 9.17) is 0 Å². The molecule has 0 aromatic rings. The first-order valence-corrected chi connectivity index (χ1v) is 8.20. The monoisotopic (exact) mass is 336 g/mol. The van der Waals surface area contributed by atoms with Crippen molar-refractivity contribution in [1.29, 1.82) is 0 Å². The highest BCUT2D eigenvalue weighted by molar-refractivity contribution is 7.94. The van der Waals surface area contributed by atoms with Gasteiger partial charge in [-0.2, -0.15) is 0 Å². The molecule has 10 heteroatoms. The predicted octanol–water partition coefficient (Wildman–Crippen LogP) is -0.951. The minimum absolute atomic E-state index is 0.111. The van der Waals surface area contributed by atoms with E-state index in [1.165, 1.54) is 20.8 Å². The molecule has 0 radical (unpaired) electrons. The molecule has 2 aliphatic rings. The number of fused-ring (bicyclic) bond motifs is 1. The van der Waals surface area contributed by atoms with Gasteiger partial charge in [-0.25, -0.2) is 17.6 Å².